The van der Waals surface area contributed by atoms with Crippen LogP contribution in [-0.2, 0) is 6.54 Å². The van der Waals surface area contributed by atoms with Gasteiger partial charge in [0.1, 0.15) is 5.52 Å². The van der Waals surface area contributed by atoms with Crippen LogP contribution >= 0.6 is 0 Å². The summed E-state index contributed by atoms with van der Waals surface area (Å²) in [5.74, 6) is 1.02. The SMILES string of the molecule is CC(C)Cn1cnc2c(N)nc3ccc(-c4ccccc4)cc3c21. The van der Waals surface area contributed by atoms with Crippen LogP contribution < -0.4 is 5.73 Å². The maximum absolute atomic E-state index is 6.13. The van der Waals surface area contributed by atoms with E-state index in [1.165, 1.54) is 11.1 Å². The molecule has 0 aliphatic rings. The Labute approximate surface area is 141 Å². The summed E-state index contributed by atoms with van der Waals surface area (Å²) >= 11 is 0. The van der Waals surface area contributed by atoms with E-state index in [0.29, 0.717) is 11.7 Å². The van der Waals surface area contributed by atoms with Gasteiger partial charge < -0.3 is 10.3 Å². The summed E-state index contributed by atoms with van der Waals surface area (Å²) in [5.41, 5.74) is 11.3. The Balaban J connectivity index is 2.02. The van der Waals surface area contributed by atoms with E-state index in [1.54, 1.807) is 0 Å². The molecule has 4 nitrogen and oxygen atoms in total. The molecule has 2 aromatic heterocycles. The number of fused-ring (bicyclic) bond motifs is 3. The van der Waals surface area contributed by atoms with Gasteiger partial charge in [0.05, 0.1) is 17.4 Å². The van der Waals surface area contributed by atoms with Gasteiger partial charge in [0, 0.05) is 11.9 Å². The molecule has 0 fully saturated rings. The first kappa shape index (κ1) is 14.7. The lowest BCUT2D eigenvalue weighted by Crippen LogP contribution is -2.03. The van der Waals surface area contributed by atoms with Gasteiger partial charge >= 0.3 is 0 Å². The highest BCUT2D eigenvalue weighted by Crippen LogP contribution is 2.31. The van der Waals surface area contributed by atoms with Crippen molar-refractivity contribution in [3.63, 3.8) is 0 Å². The molecule has 0 unspecified atom stereocenters. The second kappa shape index (κ2) is 5.64. The molecule has 0 saturated heterocycles. The minimum atomic E-state index is 0.493. The fraction of sp³-hybridized carbons (Fsp3) is 0.200. The van der Waals surface area contributed by atoms with Crippen molar-refractivity contribution in [3.8, 4) is 11.1 Å². The predicted octanol–water partition coefficient (Wildman–Crippen LogP) is 4.49. The van der Waals surface area contributed by atoms with Gasteiger partial charge in [-0.1, -0.05) is 50.2 Å². The Hall–Kier alpha value is -2.88. The van der Waals surface area contributed by atoms with Crippen LogP contribution in [0.3, 0.4) is 0 Å². The normalized spacial score (nSPS) is 11.6. The highest BCUT2D eigenvalue weighted by atomic mass is 15.1. The van der Waals surface area contributed by atoms with Crippen molar-refractivity contribution in [2.75, 3.05) is 5.73 Å². The zero-order valence-electron chi connectivity index (χ0n) is 13.9. The van der Waals surface area contributed by atoms with Crippen molar-refractivity contribution >= 4 is 27.8 Å². The largest absolute Gasteiger partial charge is 0.382 e. The van der Waals surface area contributed by atoms with Gasteiger partial charge in [-0.2, -0.15) is 0 Å². The number of nitrogens with two attached hydrogens (primary N) is 1. The molecule has 0 spiro atoms. The Morgan fingerprint density at radius 2 is 1.83 bits per heavy atom. The van der Waals surface area contributed by atoms with Crippen molar-refractivity contribution in [1.29, 1.82) is 0 Å². The number of nitrogens with zero attached hydrogens (tertiary/aromatic N) is 3. The van der Waals surface area contributed by atoms with Crippen molar-refractivity contribution in [3.05, 3.63) is 54.9 Å². The molecule has 4 rings (SSSR count). The fourth-order valence-corrected chi connectivity index (χ4v) is 3.20. The third-order valence-corrected chi connectivity index (χ3v) is 4.24. The molecule has 0 aliphatic carbocycles. The summed E-state index contributed by atoms with van der Waals surface area (Å²) in [7, 11) is 0. The van der Waals surface area contributed by atoms with Crippen LogP contribution in [0, 0.1) is 5.92 Å². The van der Waals surface area contributed by atoms with E-state index in [9.17, 15) is 0 Å². The summed E-state index contributed by atoms with van der Waals surface area (Å²) < 4.78 is 2.19. The number of hydrogen-bond acceptors (Lipinski definition) is 3. The quantitative estimate of drug-likeness (QED) is 0.606. The molecule has 0 amide bonds. The number of benzene rings is 2. The van der Waals surface area contributed by atoms with Crippen LogP contribution in [-0.4, -0.2) is 14.5 Å². The van der Waals surface area contributed by atoms with E-state index in [4.69, 9.17) is 5.73 Å². The number of imidazole rings is 1. The van der Waals surface area contributed by atoms with Crippen LogP contribution in [0.4, 0.5) is 5.82 Å². The molecule has 0 saturated carbocycles. The fourth-order valence-electron chi connectivity index (χ4n) is 3.20. The van der Waals surface area contributed by atoms with Crippen molar-refractivity contribution in [2.45, 2.75) is 20.4 Å². The number of rotatable bonds is 3. The number of nitrogen functional groups attached to an aromatic ring is 1. The summed E-state index contributed by atoms with van der Waals surface area (Å²) in [6, 6.07) is 16.7. The second-order valence-corrected chi connectivity index (χ2v) is 6.58. The van der Waals surface area contributed by atoms with Crippen LogP contribution in [0.2, 0.25) is 0 Å². The minimum Gasteiger partial charge on any atom is -0.382 e. The third-order valence-electron chi connectivity index (χ3n) is 4.24. The van der Waals surface area contributed by atoms with Crippen LogP contribution in [0.25, 0.3) is 33.1 Å². The van der Waals surface area contributed by atoms with Crippen molar-refractivity contribution < 1.29 is 0 Å². The lowest BCUT2D eigenvalue weighted by atomic mass is 10.0. The molecule has 4 heteroatoms. The summed E-state index contributed by atoms with van der Waals surface area (Å²) in [6.45, 7) is 5.31. The molecular weight excluding hydrogens is 296 g/mol. The molecule has 24 heavy (non-hydrogen) atoms. The van der Waals surface area contributed by atoms with Gasteiger partial charge in [0.2, 0.25) is 0 Å². The first-order chi connectivity index (χ1) is 11.6. The number of pyridine rings is 1. The molecule has 4 aromatic rings. The van der Waals surface area contributed by atoms with Gasteiger partial charge in [-0.05, 0) is 29.2 Å². The molecular formula is C20H20N4. The lowest BCUT2D eigenvalue weighted by molar-refractivity contribution is 0.533. The molecule has 0 bridgehead atoms. The third kappa shape index (κ3) is 2.40. The Morgan fingerprint density at radius 1 is 1.04 bits per heavy atom. The average molecular weight is 316 g/mol. The maximum atomic E-state index is 6.13. The second-order valence-electron chi connectivity index (χ2n) is 6.58. The smallest absolute Gasteiger partial charge is 0.152 e. The Morgan fingerprint density at radius 3 is 2.58 bits per heavy atom. The first-order valence-corrected chi connectivity index (χ1v) is 8.23. The van der Waals surface area contributed by atoms with Crippen molar-refractivity contribution in [1.82, 2.24) is 14.5 Å². The van der Waals surface area contributed by atoms with E-state index < -0.39 is 0 Å². The highest BCUT2D eigenvalue weighted by molar-refractivity contribution is 6.07. The van der Waals surface area contributed by atoms with Gasteiger partial charge in [0.25, 0.3) is 0 Å². The monoisotopic (exact) mass is 316 g/mol. The van der Waals surface area contributed by atoms with Gasteiger partial charge in [-0.15, -0.1) is 0 Å². The topological polar surface area (TPSA) is 56.7 Å². The number of hydrogen-bond donors (Lipinski definition) is 1. The molecule has 0 atom stereocenters. The van der Waals surface area contributed by atoms with Gasteiger partial charge in [-0.25, -0.2) is 9.97 Å². The zero-order chi connectivity index (χ0) is 16.7. The highest BCUT2D eigenvalue weighted by Gasteiger charge is 2.13. The molecule has 2 N–H and O–H groups in total. The molecule has 0 radical (unpaired) electrons. The maximum Gasteiger partial charge on any atom is 0.152 e. The van der Waals surface area contributed by atoms with E-state index in [1.807, 2.05) is 18.5 Å². The lowest BCUT2D eigenvalue weighted by Gasteiger charge is -2.11. The van der Waals surface area contributed by atoms with Crippen LogP contribution in [0.1, 0.15) is 13.8 Å². The Bertz CT molecular complexity index is 1020. The standard InChI is InChI=1S/C20H20N4/c1-13(2)11-24-12-22-18-19(24)16-10-15(14-6-4-3-5-7-14)8-9-17(16)23-20(18)21/h3-10,12-13H,11H2,1-2H3,(H2,21,23). The van der Waals surface area contributed by atoms with E-state index in [2.05, 4.69) is 64.8 Å². The van der Waals surface area contributed by atoms with Gasteiger partial charge in [0.15, 0.2) is 5.82 Å². The van der Waals surface area contributed by atoms with Gasteiger partial charge in [-0.3, -0.25) is 0 Å². The molecule has 0 aliphatic heterocycles. The zero-order valence-corrected chi connectivity index (χ0v) is 13.9. The van der Waals surface area contributed by atoms with Crippen LogP contribution in [0.5, 0.6) is 0 Å². The van der Waals surface area contributed by atoms with E-state index >= 15 is 0 Å². The number of anilines is 1. The molecule has 2 aromatic carbocycles. The van der Waals surface area contributed by atoms with E-state index in [-0.39, 0.29) is 0 Å². The summed E-state index contributed by atoms with van der Waals surface area (Å²) in [5, 5.41) is 1.10. The summed E-state index contributed by atoms with van der Waals surface area (Å²) in [4.78, 5) is 9.03. The number of aromatic nitrogens is 3. The average Bonchev–Trinajstić information content (AvgIpc) is 2.99. The predicted molar refractivity (Wildman–Crippen MR) is 99.7 cm³/mol. The summed E-state index contributed by atoms with van der Waals surface area (Å²) in [6.07, 6.45) is 1.87. The molecule has 2 heterocycles. The Kier molecular flexibility index (Phi) is 3.45. The van der Waals surface area contributed by atoms with Crippen molar-refractivity contribution in [2.24, 2.45) is 5.92 Å². The van der Waals surface area contributed by atoms with E-state index in [0.717, 1.165) is 28.5 Å². The van der Waals surface area contributed by atoms with Crippen LogP contribution in [0.15, 0.2) is 54.9 Å². The minimum absolute atomic E-state index is 0.493. The first-order valence-electron chi connectivity index (χ1n) is 8.23. The molecule has 120 valence electrons.